The van der Waals surface area contributed by atoms with Crippen molar-refractivity contribution in [1.29, 1.82) is 0 Å². The van der Waals surface area contributed by atoms with Crippen molar-refractivity contribution < 1.29 is 18.9 Å². The smallest absolute Gasteiger partial charge is 0.0596 e. The molecule has 0 saturated heterocycles. The highest BCUT2D eigenvalue weighted by Crippen LogP contribution is 1.62. The van der Waals surface area contributed by atoms with E-state index in [1.54, 1.807) is 7.11 Å². The fraction of sp³-hybridized carbons (Fsp3) is 1.00. The molecule has 0 bridgehead atoms. The van der Waals surface area contributed by atoms with Gasteiger partial charge in [-0.25, -0.2) is 0 Å². The summed E-state index contributed by atoms with van der Waals surface area (Å²) in [5.41, 5.74) is 0. The lowest BCUT2D eigenvalue weighted by atomic mass is 10.7. The minimum atomic E-state index is 0. The van der Waals surface area contributed by atoms with E-state index >= 15 is 0 Å². The zero-order valence-electron chi connectivity index (χ0n) is 4.99. The van der Waals surface area contributed by atoms with E-state index < -0.39 is 0 Å². The average molecular weight is 167 g/mol. The highest BCUT2D eigenvalue weighted by atomic mass is 32.1. The van der Waals surface area contributed by atoms with Gasteiger partial charge in [-0.2, -0.15) is 0 Å². The lowest BCUT2D eigenvalue weighted by Crippen LogP contribution is -2.06. The van der Waals surface area contributed by atoms with Gasteiger partial charge in [-0.3, -0.25) is 18.8 Å². The first-order chi connectivity index (χ1) is 2.91. The maximum absolute atomic E-state index is 4.67. The van der Waals surface area contributed by atoms with Crippen molar-refractivity contribution in [1.82, 2.24) is 4.72 Å². The fourth-order valence-corrected chi connectivity index (χ4v) is 0.239. The van der Waals surface area contributed by atoms with Crippen LogP contribution < -0.4 is 4.72 Å². The van der Waals surface area contributed by atoms with E-state index in [4.69, 9.17) is 0 Å². The third kappa shape index (κ3) is 31.6. The third-order valence-corrected chi connectivity index (χ3v) is 0.642. The molecule has 0 aliphatic heterocycles. The van der Waals surface area contributed by atoms with Crippen LogP contribution in [-0.4, -0.2) is 20.3 Å². The molecule has 2 nitrogen and oxygen atoms in total. The number of methoxy groups -OCH3 is 1. The number of ether oxygens (including phenoxy) is 1. The Morgan fingerprint density at radius 1 is 1.33 bits per heavy atom. The van der Waals surface area contributed by atoms with Gasteiger partial charge in [0.25, 0.3) is 0 Å². The molecule has 0 rings (SSSR count). The topological polar surface area (TPSA) is 21.3 Å². The van der Waals surface area contributed by atoms with Crippen LogP contribution in [0.25, 0.3) is 0 Å². The van der Waals surface area contributed by atoms with Gasteiger partial charge in [-0.1, -0.05) is 12.8 Å². The van der Waals surface area contributed by atoms with Crippen molar-refractivity contribution in [2.75, 3.05) is 20.3 Å². The van der Waals surface area contributed by atoms with Gasteiger partial charge >= 0.3 is 0 Å². The summed E-state index contributed by atoms with van der Waals surface area (Å²) < 4.78 is 7.31. The standard InChI is InChI=1S/C3H9NOS.3FH/c1-5-3-2-4-6;;;/h4,6H,2-3H2,1H3;3*1H. The molecule has 0 aromatic carbocycles. The molecule has 9 heavy (non-hydrogen) atoms. The van der Waals surface area contributed by atoms with Gasteiger partial charge in [0.05, 0.1) is 6.61 Å². The van der Waals surface area contributed by atoms with E-state index in [0.717, 1.165) is 13.2 Å². The summed E-state index contributed by atoms with van der Waals surface area (Å²) in [7, 11) is 1.66. The molecule has 0 heterocycles. The summed E-state index contributed by atoms with van der Waals surface area (Å²) >= 11 is 3.72. The Bertz CT molecular complexity index is 31.0. The maximum Gasteiger partial charge on any atom is 0.0596 e. The van der Waals surface area contributed by atoms with Crippen molar-refractivity contribution in [2.24, 2.45) is 0 Å². The zero-order valence-corrected chi connectivity index (χ0v) is 5.89. The number of thiol groups is 1. The van der Waals surface area contributed by atoms with Gasteiger partial charge in [-0.15, -0.1) is 0 Å². The second-order valence-corrected chi connectivity index (χ2v) is 1.22. The predicted octanol–water partition coefficient (Wildman–Crippen LogP) is 0.525. The molecule has 0 amide bonds. The van der Waals surface area contributed by atoms with Gasteiger partial charge in [-0.05, 0) is 0 Å². The molecule has 6 heteroatoms. The molecule has 0 aliphatic rings. The van der Waals surface area contributed by atoms with Crippen LogP contribution in [0.15, 0.2) is 0 Å². The Labute approximate surface area is 57.6 Å². The summed E-state index contributed by atoms with van der Waals surface area (Å²) in [6, 6.07) is 0. The molecule has 1 N–H and O–H groups in total. The third-order valence-electron chi connectivity index (χ3n) is 0.418. The van der Waals surface area contributed by atoms with Crippen LogP contribution in [0.4, 0.5) is 14.1 Å². The number of hydrogen-bond donors (Lipinski definition) is 2. The van der Waals surface area contributed by atoms with Crippen LogP contribution in [-0.2, 0) is 4.74 Å². The van der Waals surface area contributed by atoms with Gasteiger partial charge in [0.15, 0.2) is 0 Å². The SMILES string of the molecule is COCCNS.F.F.F. The van der Waals surface area contributed by atoms with E-state index in [9.17, 15) is 0 Å². The van der Waals surface area contributed by atoms with Crippen LogP contribution in [0, 0.1) is 0 Å². The Morgan fingerprint density at radius 3 is 1.89 bits per heavy atom. The predicted molar refractivity (Wildman–Crippen MR) is 36.4 cm³/mol. The second kappa shape index (κ2) is 24.4. The summed E-state index contributed by atoms with van der Waals surface area (Å²) in [6.45, 7) is 1.53. The minimum absolute atomic E-state index is 0. The van der Waals surface area contributed by atoms with E-state index in [1.165, 1.54) is 0 Å². The lowest BCUT2D eigenvalue weighted by Gasteiger charge is -1.91. The first kappa shape index (κ1) is 23.0. The normalized spacial score (nSPS) is 6.00. The van der Waals surface area contributed by atoms with Crippen LogP contribution in [0.2, 0.25) is 0 Å². The average Bonchev–Trinajstić information content (AvgIpc) is 1.61. The molecule has 0 fully saturated rings. The quantitative estimate of drug-likeness (QED) is 0.472. The van der Waals surface area contributed by atoms with Gasteiger partial charge < -0.3 is 4.74 Å². The van der Waals surface area contributed by atoms with Crippen molar-refractivity contribution in [2.45, 2.75) is 0 Å². The van der Waals surface area contributed by atoms with Gasteiger partial charge in [0, 0.05) is 13.7 Å². The van der Waals surface area contributed by atoms with E-state index in [1.807, 2.05) is 0 Å². The molecule has 0 aromatic heterocycles. The van der Waals surface area contributed by atoms with Crippen molar-refractivity contribution in [3.63, 3.8) is 0 Å². The van der Waals surface area contributed by atoms with Crippen LogP contribution in [0.3, 0.4) is 0 Å². The van der Waals surface area contributed by atoms with Crippen LogP contribution in [0.5, 0.6) is 0 Å². The highest BCUT2D eigenvalue weighted by Gasteiger charge is 1.73. The van der Waals surface area contributed by atoms with E-state index in [2.05, 4.69) is 22.3 Å². The second-order valence-electron chi connectivity index (χ2n) is 0.901. The highest BCUT2D eigenvalue weighted by molar-refractivity contribution is 7.78. The molecule has 0 radical (unpaired) electrons. The monoisotopic (exact) mass is 167 g/mol. The molecule has 0 aromatic rings. The van der Waals surface area contributed by atoms with Gasteiger partial charge in [0.2, 0.25) is 0 Å². The lowest BCUT2D eigenvalue weighted by molar-refractivity contribution is 0.205. The fourth-order valence-electron chi connectivity index (χ4n) is 0.148. The summed E-state index contributed by atoms with van der Waals surface area (Å²) in [6.07, 6.45) is 0. The Kier molecular flexibility index (Phi) is 62.3. The molecule has 62 valence electrons. The number of nitrogens with one attached hydrogen (secondary N) is 1. The minimum Gasteiger partial charge on any atom is -0.383 e. The van der Waals surface area contributed by atoms with Crippen molar-refractivity contribution in [3.05, 3.63) is 0 Å². The molecule has 0 spiro atoms. The Morgan fingerprint density at radius 2 is 1.78 bits per heavy atom. The maximum atomic E-state index is 4.67. The molecule has 0 aliphatic carbocycles. The first-order valence-corrected chi connectivity index (χ1v) is 2.22. The van der Waals surface area contributed by atoms with E-state index in [-0.39, 0.29) is 14.1 Å². The van der Waals surface area contributed by atoms with Crippen LogP contribution >= 0.6 is 12.8 Å². The molecular formula is C3H12F3NOS. The van der Waals surface area contributed by atoms with Crippen molar-refractivity contribution >= 4 is 12.8 Å². The molecular weight excluding hydrogens is 155 g/mol. The number of halogens is 3. The van der Waals surface area contributed by atoms with Crippen molar-refractivity contribution in [3.8, 4) is 0 Å². The van der Waals surface area contributed by atoms with Gasteiger partial charge in [0.1, 0.15) is 0 Å². The largest absolute Gasteiger partial charge is 0.383 e. The zero-order chi connectivity index (χ0) is 4.83. The summed E-state index contributed by atoms with van der Waals surface area (Å²) in [5, 5.41) is 0. The summed E-state index contributed by atoms with van der Waals surface area (Å²) in [4.78, 5) is 0. The van der Waals surface area contributed by atoms with E-state index in [0.29, 0.717) is 0 Å². The number of rotatable bonds is 3. The molecule has 0 atom stereocenters. The Balaban J connectivity index is -0.0000000417. The van der Waals surface area contributed by atoms with Crippen LogP contribution in [0.1, 0.15) is 0 Å². The number of hydrogen-bond acceptors (Lipinski definition) is 3. The first-order valence-electron chi connectivity index (χ1n) is 1.77. The molecule has 0 unspecified atom stereocenters. The molecule has 0 saturated carbocycles. The summed E-state index contributed by atoms with van der Waals surface area (Å²) in [5.74, 6) is 0. The Hall–Kier alpha value is 0.0600.